The van der Waals surface area contributed by atoms with Crippen molar-refractivity contribution in [2.24, 2.45) is 0 Å². The Hall–Kier alpha value is -1.95. The van der Waals surface area contributed by atoms with E-state index in [-0.39, 0.29) is 24.2 Å². The number of carbonyl (C=O) groups is 2. The molecule has 21 heavy (non-hydrogen) atoms. The van der Waals surface area contributed by atoms with Crippen LogP contribution >= 0.6 is 0 Å². The lowest BCUT2D eigenvalue weighted by molar-refractivity contribution is -0.143. The first kappa shape index (κ1) is 17.1. The van der Waals surface area contributed by atoms with Crippen molar-refractivity contribution in [1.82, 2.24) is 5.32 Å². The maximum absolute atomic E-state index is 13.3. The highest BCUT2D eigenvalue weighted by Crippen LogP contribution is 2.13. The Kier molecular flexibility index (Phi) is 7.39. The van der Waals surface area contributed by atoms with Crippen LogP contribution in [0, 0.1) is 12.7 Å². The molecule has 0 saturated heterocycles. The lowest BCUT2D eigenvalue weighted by Gasteiger charge is -2.07. The molecule has 0 heterocycles. The second kappa shape index (κ2) is 9.07. The van der Waals surface area contributed by atoms with Crippen LogP contribution in [0.15, 0.2) is 18.2 Å². The van der Waals surface area contributed by atoms with Gasteiger partial charge in [0.1, 0.15) is 5.82 Å². The lowest BCUT2D eigenvalue weighted by Crippen LogP contribution is -2.29. The molecule has 6 heteroatoms. The molecule has 1 aromatic carbocycles. The third-order valence-electron chi connectivity index (χ3n) is 2.78. The zero-order valence-electron chi connectivity index (χ0n) is 12.4. The average molecular weight is 296 g/mol. The van der Waals surface area contributed by atoms with E-state index in [4.69, 9.17) is 4.74 Å². The molecule has 0 fully saturated rings. The Bertz CT molecular complexity index is 492. The maximum Gasteiger partial charge on any atom is 0.305 e. The molecule has 116 valence electrons. The molecule has 0 spiro atoms. The summed E-state index contributed by atoms with van der Waals surface area (Å²) in [5.74, 6) is -0.844. The molecule has 0 radical (unpaired) electrons. The van der Waals surface area contributed by atoms with Gasteiger partial charge in [0.2, 0.25) is 5.91 Å². The molecule has 1 aromatic rings. The van der Waals surface area contributed by atoms with Crippen LogP contribution in [-0.2, 0) is 14.3 Å². The Balaban J connectivity index is 2.19. The first-order chi connectivity index (χ1) is 10.0. The summed E-state index contributed by atoms with van der Waals surface area (Å²) in [6, 6.07) is 4.54. The van der Waals surface area contributed by atoms with Crippen molar-refractivity contribution in [2.75, 3.05) is 25.0 Å². The molecule has 2 N–H and O–H groups in total. The largest absolute Gasteiger partial charge is 0.466 e. The van der Waals surface area contributed by atoms with E-state index in [0.29, 0.717) is 37.2 Å². The Labute approximate surface area is 123 Å². The number of nitrogens with one attached hydrogen (secondary N) is 2. The monoisotopic (exact) mass is 296 g/mol. The van der Waals surface area contributed by atoms with Gasteiger partial charge in [-0.05, 0) is 44.5 Å². The third kappa shape index (κ3) is 6.85. The van der Waals surface area contributed by atoms with Crippen molar-refractivity contribution >= 4 is 17.6 Å². The average Bonchev–Trinajstić information content (AvgIpc) is 2.43. The van der Waals surface area contributed by atoms with Gasteiger partial charge in [0.05, 0.1) is 13.2 Å². The topological polar surface area (TPSA) is 67.4 Å². The number of benzene rings is 1. The van der Waals surface area contributed by atoms with Crippen molar-refractivity contribution in [3.05, 3.63) is 29.6 Å². The van der Waals surface area contributed by atoms with Crippen LogP contribution in [-0.4, -0.2) is 31.6 Å². The fraction of sp³-hybridized carbons (Fsp3) is 0.467. The van der Waals surface area contributed by atoms with E-state index in [9.17, 15) is 14.0 Å². The molecule has 1 rings (SSSR count). The number of esters is 1. The Morgan fingerprint density at radius 3 is 2.76 bits per heavy atom. The van der Waals surface area contributed by atoms with E-state index in [1.54, 1.807) is 26.0 Å². The summed E-state index contributed by atoms with van der Waals surface area (Å²) in [5, 5.41) is 5.51. The van der Waals surface area contributed by atoms with E-state index in [1.807, 2.05) is 0 Å². The standard InChI is InChI=1S/C15H21FN2O3/c1-3-21-15(20)5-4-8-17-10-14(19)18-12-7-6-11(2)13(16)9-12/h6-7,9,17H,3-5,8,10H2,1-2H3,(H,18,19). The summed E-state index contributed by atoms with van der Waals surface area (Å²) < 4.78 is 18.1. The van der Waals surface area contributed by atoms with Gasteiger partial charge in [0, 0.05) is 12.1 Å². The molecule has 0 unspecified atom stereocenters. The molecule has 0 saturated carbocycles. The van der Waals surface area contributed by atoms with Crippen molar-refractivity contribution in [1.29, 1.82) is 0 Å². The molecular formula is C15H21FN2O3. The zero-order valence-corrected chi connectivity index (χ0v) is 12.4. The number of hydrogen-bond donors (Lipinski definition) is 2. The van der Waals surface area contributed by atoms with E-state index in [0.717, 1.165) is 0 Å². The van der Waals surface area contributed by atoms with Gasteiger partial charge in [0.15, 0.2) is 0 Å². The summed E-state index contributed by atoms with van der Waals surface area (Å²) in [7, 11) is 0. The predicted molar refractivity (Wildman–Crippen MR) is 78.5 cm³/mol. The minimum atomic E-state index is -0.352. The number of halogens is 1. The minimum absolute atomic E-state index is 0.109. The summed E-state index contributed by atoms with van der Waals surface area (Å²) in [6.07, 6.45) is 0.927. The molecule has 0 aliphatic rings. The Morgan fingerprint density at radius 2 is 2.10 bits per heavy atom. The molecular weight excluding hydrogens is 275 g/mol. The van der Waals surface area contributed by atoms with Crippen LogP contribution in [0.1, 0.15) is 25.3 Å². The number of anilines is 1. The maximum atomic E-state index is 13.3. The van der Waals surface area contributed by atoms with E-state index < -0.39 is 0 Å². The second-order valence-corrected chi connectivity index (χ2v) is 4.60. The highest BCUT2D eigenvalue weighted by Gasteiger charge is 2.05. The number of aryl methyl sites for hydroxylation is 1. The normalized spacial score (nSPS) is 10.2. The predicted octanol–water partition coefficient (Wildman–Crippen LogP) is 2.01. The van der Waals surface area contributed by atoms with E-state index >= 15 is 0 Å². The molecule has 0 aliphatic heterocycles. The number of hydrogen-bond acceptors (Lipinski definition) is 4. The summed E-state index contributed by atoms with van der Waals surface area (Å²) >= 11 is 0. The van der Waals surface area contributed by atoms with Crippen LogP contribution in [0.3, 0.4) is 0 Å². The molecule has 0 bridgehead atoms. The van der Waals surface area contributed by atoms with Crippen molar-refractivity contribution < 1.29 is 18.7 Å². The van der Waals surface area contributed by atoms with Gasteiger partial charge in [-0.2, -0.15) is 0 Å². The van der Waals surface area contributed by atoms with Gasteiger partial charge in [-0.15, -0.1) is 0 Å². The molecule has 1 amide bonds. The van der Waals surface area contributed by atoms with Crippen molar-refractivity contribution in [3.63, 3.8) is 0 Å². The first-order valence-corrected chi connectivity index (χ1v) is 6.95. The van der Waals surface area contributed by atoms with Crippen LogP contribution < -0.4 is 10.6 Å². The van der Waals surface area contributed by atoms with E-state index in [1.165, 1.54) is 6.07 Å². The number of ether oxygens (including phenoxy) is 1. The fourth-order valence-corrected chi connectivity index (χ4v) is 1.67. The highest BCUT2D eigenvalue weighted by atomic mass is 19.1. The molecule has 0 aromatic heterocycles. The quantitative estimate of drug-likeness (QED) is 0.569. The lowest BCUT2D eigenvalue weighted by atomic mass is 10.2. The van der Waals surface area contributed by atoms with Gasteiger partial charge in [-0.25, -0.2) is 4.39 Å². The van der Waals surface area contributed by atoms with Crippen molar-refractivity contribution in [2.45, 2.75) is 26.7 Å². The Morgan fingerprint density at radius 1 is 1.33 bits per heavy atom. The summed E-state index contributed by atoms with van der Waals surface area (Å²) in [5.41, 5.74) is 0.960. The second-order valence-electron chi connectivity index (χ2n) is 4.60. The SMILES string of the molecule is CCOC(=O)CCCNCC(=O)Nc1ccc(C)c(F)c1. The van der Waals surface area contributed by atoms with Crippen LogP contribution in [0.2, 0.25) is 0 Å². The van der Waals surface area contributed by atoms with Crippen molar-refractivity contribution in [3.8, 4) is 0 Å². The van der Waals surface area contributed by atoms with Crippen LogP contribution in [0.25, 0.3) is 0 Å². The molecule has 0 aliphatic carbocycles. The third-order valence-corrected chi connectivity index (χ3v) is 2.78. The number of amides is 1. The first-order valence-electron chi connectivity index (χ1n) is 6.95. The van der Waals surface area contributed by atoms with E-state index in [2.05, 4.69) is 10.6 Å². The zero-order chi connectivity index (χ0) is 15.7. The highest BCUT2D eigenvalue weighted by molar-refractivity contribution is 5.92. The van der Waals surface area contributed by atoms with Gasteiger partial charge >= 0.3 is 5.97 Å². The molecule has 5 nitrogen and oxygen atoms in total. The van der Waals surface area contributed by atoms with Crippen LogP contribution in [0.5, 0.6) is 0 Å². The van der Waals surface area contributed by atoms with Gasteiger partial charge in [0.25, 0.3) is 0 Å². The smallest absolute Gasteiger partial charge is 0.305 e. The molecule has 0 atom stereocenters. The van der Waals surface area contributed by atoms with Crippen LogP contribution in [0.4, 0.5) is 10.1 Å². The van der Waals surface area contributed by atoms with Gasteiger partial charge in [-0.3, -0.25) is 9.59 Å². The van der Waals surface area contributed by atoms with Gasteiger partial charge in [-0.1, -0.05) is 6.07 Å². The number of carbonyl (C=O) groups excluding carboxylic acids is 2. The summed E-state index contributed by atoms with van der Waals surface area (Å²) in [4.78, 5) is 22.7. The van der Waals surface area contributed by atoms with Gasteiger partial charge < -0.3 is 15.4 Å². The number of rotatable bonds is 8. The fourth-order valence-electron chi connectivity index (χ4n) is 1.67. The summed E-state index contributed by atoms with van der Waals surface area (Å²) in [6.45, 7) is 4.44. The minimum Gasteiger partial charge on any atom is -0.466 e.